The van der Waals surface area contributed by atoms with E-state index in [0.29, 0.717) is 11.8 Å². The van der Waals surface area contributed by atoms with Crippen LogP contribution in [0.1, 0.15) is 19.4 Å². The van der Waals surface area contributed by atoms with Gasteiger partial charge in [-0.3, -0.25) is 0 Å². The highest BCUT2D eigenvalue weighted by molar-refractivity contribution is 14.1. The molecule has 4 heteroatoms. The Bertz CT molecular complexity index is 268. The van der Waals surface area contributed by atoms with E-state index >= 15 is 0 Å². The van der Waals surface area contributed by atoms with E-state index < -0.39 is 0 Å². The molecule has 0 aliphatic rings. The summed E-state index contributed by atoms with van der Waals surface area (Å²) in [6.07, 6.45) is 1.73. The van der Waals surface area contributed by atoms with Gasteiger partial charge in [0.2, 0.25) is 0 Å². The Balaban J connectivity index is 2.51. The molecule has 1 heterocycles. The molecule has 1 rings (SSSR count). The van der Waals surface area contributed by atoms with Crippen molar-refractivity contribution >= 4 is 34.2 Å². The van der Waals surface area contributed by atoms with Crippen molar-refractivity contribution in [2.45, 2.75) is 24.1 Å². The smallest absolute Gasteiger partial charge is 0.129 e. The van der Waals surface area contributed by atoms with Gasteiger partial charge in [-0.25, -0.2) is 4.98 Å². The maximum atomic E-state index is 5.65. The lowest BCUT2D eigenvalue weighted by Crippen LogP contribution is -2.14. The number of nitrogens with zero attached hydrogens (tertiary/aromatic N) is 1. The maximum Gasteiger partial charge on any atom is 0.129 e. The van der Waals surface area contributed by atoms with E-state index in [1.54, 1.807) is 12.3 Å². The minimum atomic E-state index is -0.141. The molecule has 0 atom stereocenters. The topological polar surface area (TPSA) is 22.1 Å². The molecule has 0 amide bonds. The molecule has 0 unspecified atom stereocenters. The quantitative estimate of drug-likeness (QED) is 0.485. The van der Waals surface area contributed by atoms with Crippen LogP contribution in [-0.4, -0.2) is 8.59 Å². The summed E-state index contributed by atoms with van der Waals surface area (Å²) in [4.78, 5) is 3.96. The molecule has 0 spiro atoms. The molecular weight excluding hydrogens is 300 g/mol. The van der Waals surface area contributed by atoms with Crippen LogP contribution < -0.4 is 0 Å². The Morgan fingerprint density at radius 3 is 2.69 bits per heavy atom. The summed E-state index contributed by atoms with van der Waals surface area (Å²) in [6.45, 7) is 4.59. The van der Waals surface area contributed by atoms with Crippen LogP contribution in [0.3, 0.4) is 0 Å². The Kier molecular flexibility index (Phi) is 3.94. The van der Waals surface area contributed by atoms with E-state index in [1.807, 2.05) is 19.9 Å². The molecule has 72 valence electrons. The van der Waals surface area contributed by atoms with Gasteiger partial charge >= 0.3 is 0 Å². The standard InChI is InChI=1S/C9H11ClINO/c1-9(2,11)13-6-7-3-4-8(10)12-5-7/h3-5H,6H2,1-2H3. The molecule has 0 radical (unpaired) electrons. The van der Waals surface area contributed by atoms with Gasteiger partial charge in [0, 0.05) is 6.20 Å². The van der Waals surface area contributed by atoms with Gasteiger partial charge in [0.25, 0.3) is 0 Å². The molecule has 1 aromatic rings. The Labute approximate surface area is 96.8 Å². The molecule has 0 bridgehead atoms. The van der Waals surface area contributed by atoms with Gasteiger partial charge in [-0.1, -0.05) is 17.7 Å². The summed E-state index contributed by atoms with van der Waals surface area (Å²) in [7, 11) is 0. The van der Waals surface area contributed by atoms with Crippen LogP contribution in [0, 0.1) is 0 Å². The van der Waals surface area contributed by atoms with Gasteiger partial charge in [-0.15, -0.1) is 0 Å². The van der Waals surface area contributed by atoms with Crippen LogP contribution in [-0.2, 0) is 11.3 Å². The second-order valence-corrected chi connectivity index (χ2v) is 6.13. The van der Waals surface area contributed by atoms with Crippen molar-refractivity contribution in [2.24, 2.45) is 0 Å². The Hall–Kier alpha value is 0.130. The number of ether oxygens (including phenoxy) is 1. The molecule has 0 saturated heterocycles. The van der Waals surface area contributed by atoms with Gasteiger partial charge in [0.15, 0.2) is 0 Å². The Morgan fingerprint density at radius 1 is 1.54 bits per heavy atom. The highest BCUT2D eigenvalue weighted by atomic mass is 127. The SMILES string of the molecule is CC(C)(I)OCc1ccc(Cl)nc1. The first-order valence-corrected chi connectivity index (χ1v) is 5.36. The van der Waals surface area contributed by atoms with Crippen molar-refractivity contribution in [2.75, 3.05) is 0 Å². The molecule has 1 aromatic heterocycles. The van der Waals surface area contributed by atoms with Crippen molar-refractivity contribution in [3.63, 3.8) is 0 Å². The molecule has 0 aromatic carbocycles. The molecule has 0 saturated carbocycles. The van der Waals surface area contributed by atoms with Gasteiger partial charge < -0.3 is 4.74 Å². The van der Waals surface area contributed by atoms with Gasteiger partial charge in [0.05, 0.1) is 6.61 Å². The van der Waals surface area contributed by atoms with E-state index in [9.17, 15) is 0 Å². The fraction of sp³-hybridized carbons (Fsp3) is 0.444. The number of rotatable bonds is 3. The summed E-state index contributed by atoms with van der Waals surface area (Å²) in [5.41, 5.74) is 1.04. The van der Waals surface area contributed by atoms with Crippen molar-refractivity contribution in [3.8, 4) is 0 Å². The highest BCUT2D eigenvalue weighted by Gasteiger charge is 2.11. The lowest BCUT2D eigenvalue weighted by Gasteiger charge is -2.17. The first-order valence-electron chi connectivity index (χ1n) is 3.91. The van der Waals surface area contributed by atoms with Crippen LogP contribution in [0.25, 0.3) is 0 Å². The molecule has 0 aliphatic heterocycles. The molecule has 0 N–H and O–H groups in total. The minimum absolute atomic E-state index is 0.141. The maximum absolute atomic E-state index is 5.65. The van der Waals surface area contributed by atoms with E-state index in [4.69, 9.17) is 16.3 Å². The van der Waals surface area contributed by atoms with Crippen LogP contribution in [0.15, 0.2) is 18.3 Å². The second kappa shape index (κ2) is 4.57. The number of pyridine rings is 1. The van der Waals surface area contributed by atoms with Crippen molar-refractivity contribution in [1.29, 1.82) is 0 Å². The zero-order valence-electron chi connectivity index (χ0n) is 7.55. The summed E-state index contributed by atoms with van der Waals surface area (Å²) >= 11 is 7.89. The molecule has 13 heavy (non-hydrogen) atoms. The fourth-order valence-electron chi connectivity index (χ4n) is 0.747. The second-order valence-electron chi connectivity index (χ2n) is 3.14. The summed E-state index contributed by atoms with van der Waals surface area (Å²) in [5, 5.41) is 0.512. The zero-order chi connectivity index (χ0) is 9.90. The molecular formula is C9H11ClINO. The molecule has 0 fully saturated rings. The number of hydrogen-bond donors (Lipinski definition) is 0. The third kappa shape index (κ3) is 4.78. The predicted octanol–water partition coefficient (Wildman–Crippen LogP) is 3.42. The van der Waals surface area contributed by atoms with Crippen LogP contribution in [0.2, 0.25) is 5.15 Å². The predicted molar refractivity (Wildman–Crippen MR) is 62.1 cm³/mol. The van der Waals surface area contributed by atoms with Crippen LogP contribution in [0.4, 0.5) is 0 Å². The average Bonchev–Trinajstić information content (AvgIpc) is 2.02. The number of alkyl halides is 1. The third-order valence-electron chi connectivity index (χ3n) is 1.37. The minimum Gasteiger partial charge on any atom is -0.361 e. The number of halogens is 2. The monoisotopic (exact) mass is 311 g/mol. The summed E-state index contributed by atoms with van der Waals surface area (Å²) < 4.78 is 5.42. The first kappa shape index (κ1) is 11.2. The third-order valence-corrected chi connectivity index (χ3v) is 1.91. The van der Waals surface area contributed by atoms with Gasteiger partial charge in [0.1, 0.15) is 8.76 Å². The number of hydrogen-bond acceptors (Lipinski definition) is 2. The highest BCUT2D eigenvalue weighted by Crippen LogP contribution is 2.20. The van der Waals surface area contributed by atoms with E-state index in [1.165, 1.54) is 0 Å². The van der Waals surface area contributed by atoms with Gasteiger partial charge in [-0.2, -0.15) is 0 Å². The van der Waals surface area contributed by atoms with Crippen molar-refractivity contribution in [3.05, 3.63) is 29.0 Å². The van der Waals surface area contributed by atoms with E-state index in [-0.39, 0.29) is 3.61 Å². The Morgan fingerprint density at radius 2 is 2.23 bits per heavy atom. The zero-order valence-corrected chi connectivity index (χ0v) is 10.5. The lowest BCUT2D eigenvalue weighted by atomic mass is 10.3. The fourth-order valence-corrected chi connectivity index (χ4v) is 1.01. The van der Waals surface area contributed by atoms with Crippen molar-refractivity contribution in [1.82, 2.24) is 4.98 Å². The first-order chi connectivity index (χ1) is 5.97. The normalized spacial score (nSPS) is 11.7. The summed E-state index contributed by atoms with van der Waals surface area (Å²) in [6, 6.07) is 3.68. The van der Waals surface area contributed by atoms with Gasteiger partial charge in [-0.05, 0) is 48.1 Å². The van der Waals surface area contributed by atoms with E-state index in [0.717, 1.165) is 5.56 Å². The van der Waals surface area contributed by atoms with Crippen molar-refractivity contribution < 1.29 is 4.74 Å². The van der Waals surface area contributed by atoms with E-state index in [2.05, 4.69) is 27.6 Å². The van der Waals surface area contributed by atoms with Crippen LogP contribution in [0.5, 0.6) is 0 Å². The lowest BCUT2D eigenvalue weighted by molar-refractivity contribution is 0.0526. The number of aromatic nitrogens is 1. The summed E-state index contributed by atoms with van der Waals surface area (Å²) in [5.74, 6) is 0. The molecule has 2 nitrogen and oxygen atoms in total. The largest absolute Gasteiger partial charge is 0.361 e. The van der Waals surface area contributed by atoms with Crippen LogP contribution >= 0.6 is 34.2 Å². The molecule has 0 aliphatic carbocycles. The average molecular weight is 312 g/mol.